The Labute approximate surface area is 281 Å². The molecule has 0 spiro atoms. The molecule has 6 heteroatoms. The van der Waals surface area contributed by atoms with Gasteiger partial charge in [-0.25, -0.2) is 0 Å². The summed E-state index contributed by atoms with van der Waals surface area (Å²) in [6.45, 7) is 34.6. The Morgan fingerprint density at radius 3 is 2.07 bits per heavy atom. The maximum atomic E-state index is 12.1. The highest BCUT2D eigenvalue weighted by atomic mass is 28.4. The van der Waals surface area contributed by atoms with Crippen molar-refractivity contribution in [2.45, 2.75) is 194 Å². The van der Waals surface area contributed by atoms with Crippen LogP contribution in [0.1, 0.15) is 134 Å². The van der Waals surface area contributed by atoms with E-state index in [2.05, 4.69) is 94.6 Å². The maximum absolute atomic E-state index is 12.1. The highest BCUT2D eigenvalue weighted by molar-refractivity contribution is 6.74. The average molecular weight is 663 g/mol. The van der Waals surface area contributed by atoms with Crippen molar-refractivity contribution in [2.24, 2.45) is 40.4 Å². The molecule has 0 saturated heterocycles. The molecule has 0 aromatic rings. The third-order valence-corrected chi connectivity index (χ3v) is 24.0. The molecule has 0 radical (unpaired) electrons. The van der Waals surface area contributed by atoms with Gasteiger partial charge >= 0.3 is 0 Å². The van der Waals surface area contributed by atoms with Gasteiger partial charge in [-0.15, -0.1) is 0 Å². The van der Waals surface area contributed by atoms with Gasteiger partial charge in [-0.3, -0.25) is 0 Å². The molecule has 10 atom stereocenters. The van der Waals surface area contributed by atoms with Gasteiger partial charge in [0.15, 0.2) is 16.6 Å². The molecule has 3 saturated carbocycles. The molecule has 0 aliphatic heterocycles. The zero-order valence-corrected chi connectivity index (χ0v) is 34.3. The van der Waals surface area contributed by atoms with E-state index in [1.54, 1.807) is 5.57 Å². The number of rotatable bonds is 9. The number of aliphatic hydroxyl groups excluding tert-OH is 1. The summed E-state index contributed by atoms with van der Waals surface area (Å²) in [4.78, 5) is 0. The van der Waals surface area contributed by atoms with Crippen molar-refractivity contribution >= 4 is 16.6 Å². The summed E-state index contributed by atoms with van der Waals surface area (Å²) in [5.41, 5.74) is 1.00. The van der Waals surface area contributed by atoms with Gasteiger partial charge in [-0.2, -0.15) is 0 Å². The van der Waals surface area contributed by atoms with Gasteiger partial charge in [-0.05, 0) is 148 Å². The molecule has 0 unspecified atom stereocenters. The first-order chi connectivity index (χ1) is 20.2. The molecular weight excluding hydrogens is 589 g/mol. The second-order valence-electron chi connectivity index (χ2n) is 20.5. The molecule has 0 amide bonds. The van der Waals surface area contributed by atoms with Gasteiger partial charge in [0, 0.05) is 6.10 Å². The molecule has 0 aromatic carbocycles. The van der Waals surface area contributed by atoms with Crippen LogP contribution in [0.5, 0.6) is 0 Å². The number of fused-ring (bicyclic) bond motifs is 5. The first kappa shape index (κ1) is 37.8. The van der Waals surface area contributed by atoms with Crippen LogP contribution in [0.3, 0.4) is 0 Å². The maximum Gasteiger partial charge on any atom is 0.192 e. The summed E-state index contributed by atoms with van der Waals surface area (Å²) in [5, 5.41) is 23.6. The van der Waals surface area contributed by atoms with Crippen molar-refractivity contribution in [1.29, 1.82) is 0 Å². The third kappa shape index (κ3) is 7.18. The number of hydrogen-bond donors (Lipinski definition) is 2. The van der Waals surface area contributed by atoms with Gasteiger partial charge in [0.1, 0.15) is 0 Å². The molecular formula is C39H74O4Si2. The predicted octanol–water partition coefficient (Wildman–Crippen LogP) is 10.5. The van der Waals surface area contributed by atoms with E-state index in [1.807, 2.05) is 13.8 Å². The van der Waals surface area contributed by atoms with Crippen LogP contribution in [0.4, 0.5) is 0 Å². The van der Waals surface area contributed by atoms with E-state index in [4.69, 9.17) is 8.85 Å². The van der Waals surface area contributed by atoms with Crippen LogP contribution in [0.25, 0.3) is 0 Å². The van der Waals surface area contributed by atoms with Crippen LogP contribution in [-0.4, -0.2) is 50.8 Å². The van der Waals surface area contributed by atoms with Gasteiger partial charge in [0.2, 0.25) is 0 Å². The molecule has 4 rings (SSSR count). The van der Waals surface area contributed by atoms with Gasteiger partial charge in [0.05, 0.1) is 17.8 Å². The van der Waals surface area contributed by atoms with E-state index in [9.17, 15) is 10.2 Å². The molecule has 0 aromatic heterocycles. The Morgan fingerprint density at radius 2 is 1.51 bits per heavy atom. The highest BCUT2D eigenvalue weighted by Gasteiger charge is 2.62. The van der Waals surface area contributed by atoms with Crippen LogP contribution >= 0.6 is 0 Å². The molecule has 45 heavy (non-hydrogen) atoms. The lowest BCUT2D eigenvalue weighted by atomic mass is 9.46. The van der Waals surface area contributed by atoms with Gasteiger partial charge < -0.3 is 19.1 Å². The molecule has 3 fully saturated rings. The topological polar surface area (TPSA) is 58.9 Å². The highest BCUT2D eigenvalue weighted by Crippen LogP contribution is 2.67. The zero-order valence-electron chi connectivity index (χ0n) is 32.3. The SMILES string of the molecule is C[C@H](CC[C@@H](O[Si](C)(C)C(C)(C)C)C(C)(C)O)[C@H]1CC[C@H]2[C@@H]3CC=C4C[C@@H](O[Si](C)(C)C(C)(C)C)CC[C@]4(C)[C@H]3[C@H](O)C[C@]12C. The predicted molar refractivity (Wildman–Crippen MR) is 195 cm³/mol. The minimum Gasteiger partial charge on any atom is -0.414 e. The van der Waals surface area contributed by atoms with E-state index in [0.29, 0.717) is 35.7 Å². The summed E-state index contributed by atoms with van der Waals surface area (Å²) in [5.74, 6) is 2.79. The van der Waals surface area contributed by atoms with Gasteiger partial charge in [-0.1, -0.05) is 74.0 Å². The Kier molecular flexibility index (Phi) is 10.4. The zero-order chi connectivity index (χ0) is 34.2. The largest absolute Gasteiger partial charge is 0.414 e. The fourth-order valence-electron chi connectivity index (χ4n) is 10.1. The summed E-state index contributed by atoms with van der Waals surface area (Å²) in [6, 6.07) is 0. The van der Waals surface area contributed by atoms with E-state index < -0.39 is 22.2 Å². The van der Waals surface area contributed by atoms with Crippen molar-refractivity contribution < 1.29 is 19.1 Å². The van der Waals surface area contributed by atoms with E-state index in [-0.39, 0.29) is 33.1 Å². The standard InChI is InChI=1S/C39H74O4Si2/c1-26(16-21-33(37(8,9)41)43-45(14,15)36(5,6)7)30-19-20-31-29-18-17-27-24-28(42-44(12,13)35(2,3)4)22-23-38(27,10)34(29)32(40)25-39(30,31)11/h17,26,28-34,40-41H,16,18-25H2,1-15H3/t26-,28+,29+,30-,31+,32-,33-,34-,38+,39-/m1/s1. The Morgan fingerprint density at radius 1 is 0.911 bits per heavy atom. The third-order valence-electron chi connectivity index (χ3n) is 14.9. The Bertz CT molecular complexity index is 1080. The molecule has 4 aliphatic rings. The first-order valence-corrected chi connectivity index (χ1v) is 24.5. The summed E-state index contributed by atoms with van der Waals surface area (Å²) < 4.78 is 13.8. The summed E-state index contributed by atoms with van der Waals surface area (Å²) >= 11 is 0. The van der Waals surface area contributed by atoms with Crippen molar-refractivity contribution in [3.05, 3.63) is 11.6 Å². The van der Waals surface area contributed by atoms with Crippen LogP contribution in [0, 0.1) is 40.4 Å². The van der Waals surface area contributed by atoms with Crippen LogP contribution < -0.4 is 0 Å². The monoisotopic (exact) mass is 663 g/mol. The second kappa shape index (κ2) is 12.4. The Balaban J connectivity index is 1.47. The minimum absolute atomic E-state index is 0.0989. The molecule has 0 bridgehead atoms. The number of hydrogen-bond acceptors (Lipinski definition) is 4. The lowest BCUT2D eigenvalue weighted by molar-refractivity contribution is -0.129. The molecule has 0 heterocycles. The van der Waals surface area contributed by atoms with Crippen molar-refractivity contribution in [2.75, 3.05) is 0 Å². The Hall–Kier alpha value is 0.0138. The van der Waals surface area contributed by atoms with Crippen molar-refractivity contribution in [3.8, 4) is 0 Å². The van der Waals surface area contributed by atoms with E-state index in [0.717, 1.165) is 44.9 Å². The van der Waals surface area contributed by atoms with Crippen LogP contribution in [-0.2, 0) is 8.85 Å². The second-order valence-corrected chi connectivity index (χ2v) is 30.0. The molecule has 4 aliphatic carbocycles. The quantitative estimate of drug-likeness (QED) is 0.191. The van der Waals surface area contributed by atoms with Crippen LogP contribution in [0.2, 0.25) is 36.3 Å². The molecule has 4 nitrogen and oxygen atoms in total. The smallest absolute Gasteiger partial charge is 0.192 e. The van der Waals surface area contributed by atoms with Crippen molar-refractivity contribution in [3.63, 3.8) is 0 Å². The van der Waals surface area contributed by atoms with Crippen LogP contribution in [0.15, 0.2) is 11.6 Å². The molecule has 2 N–H and O–H groups in total. The van der Waals surface area contributed by atoms with Gasteiger partial charge in [0.25, 0.3) is 0 Å². The van der Waals surface area contributed by atoms with E-state index >= 15 is 0 Å². The summed E-state index contributed by atoms with van der Waals surface area (Å²) in [7, 11) is -3.81. The van der Waals surface area contributed by atoms with Crippen molar-refractivity contribution in [1.82, 2.24) is 0 Å². The number of allylic oxidation sites excluding steroid dienone is 1. The average Bonchev–Trinajstić information content (AvgIpc) is 3.20. The minimum atomic E-state index is -2.00. The lowest BCUT2D eigenvalue weighted by Gasteiger charge is -2.60. The van der Waals surface area contributed by atoms with E-state index in [1.165, 1.54) is 12.8 Å². The first-order valence-electron chi connectivity index (χ1n) is 18.7. The fourth-order valence-corrected chi connectivity index (χ4v) is 13.0. The fraction of sp³-hybridized carbons (Fsp3) is 0.949. The summed E-state index contributed by atoms with van der Waals surface area (Å²) in [6.07, 6.45) is 12.5. The molecule has 262 valence electrons. The lowest BCUT2D eigenvalue weighted by Crippen LogP contribution is -2.57. The number of aliphatic hydroxyl groups is 2. The normalized spacial score (nSPS) is 37.8.